The molecule has 0 atom stereocenters. The standard InChI is InChI=1S/C13H19BrO2/c1-4-5-15-6-7-16-12-8-10(2)13(14)11(3)9-12/h8-9H,4-7H2,1-3H3. The van der Waals surface area contributed by atoms with E-state index >= 15 is 0 Å². The van der Waals surface area contributed by atoms with Gasteiger partial charge in [0.05, 0.1) is 6.61 Å². The Bertz CT molecular complexity index is 314. The molecule has 0 heterocycles. The summed E-state index contributed by atoms with van der Waals surface area (Å²) in [6.07, 6.45) is 1.05. The van der Waals surface area contributed by atoms with Gasteiger partial charge in [-0.05, 0) is 43.5 Å². The second kappa shape index (κ2) is 6.92. The molecule has 0 saturated carbocycles. The smallest absolute Gasteiger partial charge is 0.120 e. The summed E-state index contributed by atoms with van der Waals surface area (Å²) < 4.78 is 12.1. The maximum atomic E-state index is 5.62. The quantitative estimate of drug-likeness (QED) is 0.739. The van der Waals surface area contributed by atoms with Gasteiger partial charge < -0.3 is 9.47 Å². The van der Waals surface area contributed by atoms with Crippen molar-refractivity contribution >= 4 is 15.9 Å². The van der Waals surface area contributed by atoms with Gasteiger partial charge in [0, 0.05) is 11.1 Å². The number of ether oxygens (including phenoxy) is 2. The van der Waals surface area contributed by atoms with Crippen LogP contribution in [0.1, 0.15) is 24.5 Å². The molecule has 1 aromatic carbocycles. The average Bonchev–Trinajstić information content (AvgIpc) is 2.25. The van der Waals surface area contributed by atoms with Crippen molar-refractivity contribution in [2.24, 2.45) is 0 Å². The number of hydrogen-bond donors (Lipinski definition) is 0. The highest BCUT2D eigenvalue weighted by molar-refractivity contribution is 9.10. The Morgan fingerprint density at radius 3 is 2.25 bits per heavy atom. The van der Waals surface area contributed by atoms with E-state index in [-0.39, 0.29) is 0 Å². The summed E-state index contributed by atoms with van der Waals surface area (Å²) in [6.45, 7) is 8.31. The molecule has 0 N–H and O–H groups in total. The molecule has 0 bridgehead atoms. The van der Waals surface area contributed by atoms with E-state index in [4.69, 9.17) is 9.47 Å². The molecular formula is C13H19BrO2. The highest BCUT2D eigenvalue weighted by atomic mass is 79.9. The Labute approximate surface area is 106 Å². The molecule has 2 nitrogen and oxygen atoms in total. The van der Waals surface area contributed by atoms with Crippen LogP contribution < -0.4 is 4.74 Å². The first-order valence-electron chi connectivity index (χ1n) is 5.62. The van der Waals surface area contributed by atoms with E-state index in [0.717, 1.165) is 23.2 Å². The fourth-order valence-electron chi connectivity index (χ4n) is 1.45. The number of halogens is 1. The zero-order chi connectivity index (χ0) is 12.0. The third-order valence-corrected chi connectivity index (χ3v) is 3.51. The number of benzene rings is 1. The van der Waals surface area contributed by atoms with Gasteiger partial charge in [-0.15, -0.1) is 0 Å². The Morgan fingerprint density at radius 1 is 1.06 bits per heavy atom. The summed E-state index contributed by atoms with van der Waals surface area (Å²) >= 11 is 3.54. The molecule has 1 rings (SSSR count). The lowest BCUT2D eigenvalue weighted by molar-refractivity contribution is 0.101. The van der Waals surface area contributed by atoms with Crippen LogP contribution in [0.5, 0.6) is 5.75 Å². The van der Waals surface area contributed by atoms with Gasteiger partial charge in [-0.25, -0.2) is 0 Å². The molecule has 0 radical (unpaired) electrons. The highest BCUT2D eigenvalue weighted by Crippen LogP contribution is 2.26. The Hall–Kier alpha value is -0.540. The molecule has 0 saturated heterocycles. The van der Waals surface area contributed by atoms with Gasteiger partial charge in [-0.3, -0.25) is 0 Å². The lowest BCUT2D eigenvalue weighted by Gasteiger charge is -2.10. The maximum absolute atomic E-state index is 5.62. The summed E-state index contributed by atoms with van der Waals surface area (Å²) in [5.74, 6) is 0.915. The molecule has 0 unspecified atom stereocenters. The van der Waals surface area contributed by atoms with Gasteiger partial charge in [0.2, 0.25) is 0 Å². The van der Waals surface area contributed by atoms with Crippen molar-refractivity contribution in [3.63, 3.8) is 0 Å². The predicted molar refractivity (Wildman–Crippen MR) is 70.2 cm³/mol. The second-order valence-electron chi connectivity index (χ2n) is 3.83. The zero-order valence-corrected chi connectivity index (χ0v) is 11.8. The lowest BCUT2D eigenvalue weighted by atomic mass is 10.1. The number of hydrogen-bond acceptors (Lipinski definition) is 2. The van der Waals surface area contributed by atoms with E-state index in [9.17, 15) is 0 Å². The van der Waals surface area contributed by atoms with Gasteiger partial charge in [-0.1, -0.05) is 22.9 Å². The van der Waals surface area contributed by atoms with Crippen LogP contribution in [-0.4, -0.2) is 19.8 Å². The Morgan fingerprint density at radius 2 is 1.69 bits per heavy atom. The SMILES string of the molecule is CCCOCCOc1cc(C)c(Br)c(C)c1. The topological polar surface area (TPSA) is 18.5 Å². The van der Waals surface area contributed by atoms with Gasteiger partial charge in [-0.2, -0.15) is 0 Å². The van der Waals surface area contributed by atoms with Crippen molar-refractivity contribution in [2.45, 2.75) is 27.2 Å². The van der Waals surface area contributed by atoms with E-state index in [1.807, 2.05) is 12.1 Å². The first-order valence-corrected chi connectivity index (χ1v) is 6.41. The molecule has 0 amide bonds. The monoisotopic (exact) mass is 286 g/mol. The van der Waals surface area contributed by atoms with Crippen LogP contribution in [0, 0.1) is 13.8 Å². The summed E-state index contributed by atoms with van der Waals surface area (Å²) in [5, 5.41) is 0. The minimum atomic E-state index is 0.612. The van der Waals surface area contributed by atoms with Crippen molar-refractivity contribution in [2.75, 3.05) is 19.8 Å². The van der Waals surface area contributed by atoms with Crippen LogP contribution in [0.25, 0.3) is 0 Å². The molecule has 16 heavy (non-hydrogen) atoms. The molecule has 0 fully saturated rings. The summed E-state index contributed by atoms with van der Waals surface area (Å²) in [5.41, 5.74) is 2.40. The van der Waals surface area contributed by atoms with Crippen LogP contribution in [0.2, 0.25) is 0 Å². The minimum absolute atomic E-state index is 0.612. The van der Waals surface area contributed by atoms with Crippen molar-refractivity contribution in [1.29, 1.82) is 0 Å². The molecule has 90 valence electrons. The Balaban J connectivity index is 2.43. The van der Waals surface area contributed by atoms with Crippen LogP contribution in [-0.2, 0) is 4.74 Å². The fraction of sp³-hybridized carbons (Fsp3) is 0.538. The molecule has 0 aromatic heterocycles. The summed E-state index contributed by atoms with van der Waals surface area (Å²) in [4.78, 5) is 0. The van der Waals surface area contributed by atoms with E-state index in [1.165, 1.54) is 11.1 Å². The summed E-state index contributed by atoms with van der Waals surface area (Å²) in [7, 11) is 0. The van der Waals surface area contributed by atoms with Crippen LogP contribution in [0.3, 0.4) is 0 Å². The number of rotatable bonds is 6. The van der Waals surface area contributed by atoms with Gasteiger partial charge in [0.15, 0.2) is 0 Å². The van der Waals surface area contributed by atoms with E-state index in [0.29, 0.717) is 13.2 Å². The molecule has 0 spiro atoms. The predicted octanol–water partition coefficient (Wildman–Crippen LogP) is 3.87. The Kier molecular flexibility index (Phi) is 5.85. The summed E-state index contributed by atoms with van der Waals surface area (Å²) in [6, 6.07) is 4.08. The zero-order valence-electron chi connectivity index (χ0n) is 10.2. The van der Waals surface area contributed by atoms with E-state index in [1.54, 1.807) is 0 Å². The third kappa shape index (κ3) is 4.14. The highest BCUT2D eigenvalue weighted by Gasteiger charge is 2.02. The number of aryl methyl sites for hydroxylation is 2. The average molecular weight is 287 g/mol. The fourth-order valence-corrected chi connectivity index (χ4v) is 1.68. The van der Waals surface area contributed by atoms with E-state index < -0.39 is 0 Å². The largest absolute Gasteiger partial charge is 0.491 e. The van der Waals surface area contributed by atoms with Crippen molar-refractivity contribution < 1.29 is 9.47 Å². The minimum Gasteiger partial charge on any atom is -0.491 e. The molecule has 0 aliphatic rings. The van der Waals surface area contributed by atoms with Crippen LogP contribution in [0.15, 0.2) is 16.6 Å². The van der Waals surface area contributed by atoms with Crippen molar-refractivity contribution in [3.8, 4) is 5.75 Å². The van der Waals surface area contributed by atoms with Gasteiger partial charge >= 0.3 is 0 Å². The molecule has 0 aliphatic carbocycles. The van der Waals surface area contributed by atoms with Crippen LogP contribution >= 0.6 is 15.9 Å². The molecule has 0 aliphatic heterocycles. The molecule has 1 aromatic rings. The third-order valence-electron chi connectivity index (χ3n) is 2.25. The normalized spacial score (nSPS) is 10.5. The first-order chi connectivity index (χ1) is 7.65. The maximum Gasteiger partial charge on any atom is 0.120 e. The molecular weight excluding hydrogens is 268 g/mol. The molecule has 3 heteroatoms. The van der Waals surface area contributed by atoms with Crippen molar-refractivity contribution in [3.05, 3.63) is 27.7 Å². The second-order valence-corrected chi connectivity index (χ2v) is 4.62. The van der Waals surface area contributed by atoms with Crippen molar-refractivity contribution in [1.82, 2.24) is 0 Å². The van der Waals surface area contributed by atoms with Gasteiger partial charge in [0.1, 0.15) is 12.4 Å². The van der Waals surface area contributed by atoms with E-state index in [2.05, 4.69) is 36.7 Å². The first kappa shape index (κ1) is 13.5. The van der Waals surface area contributed by atoms with Crippen LogP contribution in [0.4, 0.5) is 0 Å². The van der Waals surface area contributed by atoms with Gasteiger partial charge in [0.25, 0.3) is 0 Å². The lowest BCUT2D eigenvalue weighted by Crippen LogP contribution is -2.07.